The molecule has 0 fully saturated rings. The SMILES string of the molecule is N#Cc1c(NC(=O)c2ccn(COc3ccccc3F)n2)sc2c1CCC2. The van der Waals surface area contributed by atoms with Crippen LogP contribution in [0.5, 0.6) is 5.75 Å². The van der Waals surface area contributed by atoms with Gasteiger partial charge < -0.3 is 10.1 Å². The topological polar surface area (TPSA) is 79.9 Å². The van der Waals surface area contributed by atoms with Crippen LogP contribution in [0.15, 0.2) is 36.5 Å². The van der Waals surface area contributed by atoms with Crippen LogP contribution < -0.4 is 10.1 Å². The lowest BCUT2D eigenvalue weighted by Crippen LogP contribution is -2.14. The first-order valence-electron chi connectivity index (χ1n) is 8.42. The second-order valence-corrected chi connectivity index (χ2v) is 7.18. The van der Waals surface area contributed by atoms with E-state index in [4.69, 9.17) is 4.74 Å². The highest BCUT2D eigenvalue weighted by atomic mass is 32.1. The van der Waals surface area contributed by atoms with E-state index < -0.39 is 11.7 Å². The summed E-state index contributed by atoms with van der Waals surface area (Å²) in [5, 5.41) is 16.9. The second-order valence-electron chi connectivity index (χ2n) is 6.07. The van der Waals surface area contributed by atoms with Gasteiger partial charge in [-0.2, -0.15) is 10.4 Å². The number of ether oxygens (including phenoxy) is 1. The minimum Gasteiger partial charge on any atom is -0.468 e. The number of benzene rings is 1. The van der Waals surface area contributed by atoms with Crippen LogP contribution in [0.4, 0.5) is 9.39 Å². The number of nitrogens with one attached hydrogen (secondary N) is 1. The quantitative estimate of drug-likeness (QED) is 0.729. The summed E-state index contributed by atoms with van der Waals surface area (Å²) in [6.07, 6.45) is 4.46. The van der Waals surface area contributed by atoms with Crippen LogP contribution in [0.2, 0.25) is 0 Å². The van der Waals surface area contributed by atoms with Crippen molar-refractivity contribution in [3.05, 3.63) is 64.0 Å². The van der Waals surface area contributed by atoms with E-state index in [1.807, 2.05) is 0 Å². The molecular weight excluding hydrogens is 367 g/mol. The van der Waals surface area contributed by atoms with Crippen LogP contribution in [0.1, 0.15) is 32.9 Å². The van der Waals surface area contributed by atoms with Crippen LogP contribution >= 0.6 is 11.3 Å². The molecule has 27 heavy (non-hydrogen) atoms. The van der Waals surface area contributed by atoms with Crippen LogP contribution in [-0.4, -0.2) is 15.7 Å². The van der Waals surface area contributed by atoms with Crippen molar-refractivity contribution in [1.29, 1.82) is 5.26 Å². The fourth-order valence-electron chi connectivity index (χ4n) is 3.03. The molecule has 0 saturated heterocycles. The summed E-state index contributed by atoms with van der Waals surface area (Å²) in [5.74, 6) is -0.737. The molecule has 0 saturated carbocycles. The monoisotopic (exact) mass is 382 g/mol. The molecule has 0 radical (unpaired) electrons. The Morgan fingerprint density at radius 1 is 1.37 bits per heavy atom. The van der Waals surface area contributed by atoms with Gasteiger partial charge in [0.15, 0.2) is 24.0 Å². The van der Waals surface area contributed by atoms with E-state index in [9.17, 15) is 14.4 Å². The predicted molar refractivity (Wildman–Crippen MR) is 98.3 cm³/mol. The van der Waals surface area contributed by atoms with E-state index in [1.165, 1.54) is 33.0 Å². The number of aromatic nitrogens is 2. The Bertz CT molecular complexity index is 1050. The minimum absolute atomic E-state index is 0.0229. The molecule has 4 rings (SSSR count). The van der Waals surface area contributed by atoms with Crippen molar-refractivity contribution < 1.29 is 13.9 Å². The zero-order valence-corrected chi connectivity index (χ0v) is 15.1. The lowest BCUT2D eigenvalue weighted by Gasteiger charge is -2.06. The zero-order valence-electron chi connectivity index (χ0n) is 14.2. The molecular formula is C19H15FN4O2S. The van der Waals surface area contributed by atoms with Gasteiger partial charge in [0.25, 0.3) is 5.91 Å². The molecule has 1 N–H and O–H groups in total. The summed E-state index contributed by atoms with van der Waals surface area (Å²) >= 11 is 1.46. The average Bonchev–Trinajstić information content (AvgIpc) is 3.36. The largest absolute Gasteiger partial charge is 0.468 e. The van der Waals surface area contributed by atoms with Crippen molar-refractivity contribution in [1.82, 2.24) is 9.78 Å². The van der Waals surface area contributed by atoms with Crippen LogP contribution in [-0.2, 0) is 19.6 Å². The summed E-state index contributed by atoms with van der Waals surface area (Å²) < 4.78 is 20.3. The molecule has 6 nitrogen and oxygen atoms in total. The molecule has 2 aromatic heterocycles. The third-order valence-corrected chi connectivity index (χ3v) is 5.53. The Balaban J connectivity index is 1.44. The van der Waals surface area contributed by atoms with Gasteiger partial charge >= 0.3 is 0 Å². The molecule has 0 spiro atoms. The predicted octanol–water partition coefficient (Wildman–Crippen LogP) is 3.73. The Kier molecular flexibility index (Phi) is 4.60. The van der Waals surface area contributed by atoms with Crippen LogP contribution in [0.25, 0.3) is 0 Å². The molecule has 1 amide bonds. The van der Waals surface area contributed by atoms with Crippen LogP contribution in [0.3, 0.4) is 0 Å². The number of nitriles is 1. The number of hydrogen-bond acceptors (Lipinski definition) is 5. The maximum atomic E-state index is 13.6. The van der Waals surface area contributed by atoms with Gasteiger partial charge in [0.05, 0.1) is 5.56 Å². The fraction of sp³-hybridized carbons (Fsp3) is 0.211. The molecule has 0 unspecified atom stereocenters. The number of fused-ring (bicyclic) bond motifs is 1. The van der Waals surface area contributed by atoms with Gasteiger partial charge in [0, 0.05) is 11.1 Å². The maximum absolute atomic E-state index is 13.6. The average molecular weight is 382 g/mol. The van der Waals surface area contributed by atoms with Crippen molar-refractivity contribution in [2.45, 2.75) is 26.0 Å². The summed E-state index contributed by atoms with van der Waals surface area (Å²) in [5.41, 5.74) is 1.81. The molecule has 0 atom stereocenters. The van der Waals surface area contributed by atoms with Gasteiger partial charge in [0.2, 0.25) is 0 Å². The number of thiophene rings is 1. The van der Waals surface area contributed by atoms with E-state index in [-0.39, 0.29) is 18.2 Å². The second kappa shape index (κ2) is 7.21. The van der Waals surface area contributed by atoms with E-state index in [0.29, 0.717) is 10.6 Å². The lowest BCUT2D eigenvalue weighted by atomic mass is 10.1. The first kappa shape index (κ1) is 17.2. The zero-order chi connectivity index (χ0) is 18.8. The molecule has 1 aromatic carbocycles. The van der Waals surface area contributed by atoms with Gasteiger partial charge in [-0.3, -0.25) is 4.79 Å². The van der Waals surface area contributed by atoms with Gasteiger partial charge in [-0.1, -0.05) is 12.1 Å². The fourth-order valence-corrected chi connectivity index (χ4v) is 4.26. The number of halogens is 1. The molecule has 1 aliphatic rings. The normalized spacial score (nSPS) is 12.4. The van der Waals surface area contributed by atoms with E-state index in [0.717, 1.165) is 24.8 Å². The highest BCUT2D eigenvalue weighted by Gasteiger charge is 2.23. The molecule has 1 aliphatic carbocycles. The van der Waals surface area contributed by atoms with Crippen molar-refractivity contribution in [2.75, 3.05) is 5.32 Å². The molecule has 0 bridgehead atoms. The number of para-hydroxylation sites is 1. The smallest absolute Gasteiger partial charge is 0.276 e. The first-order chi connectivity index (χ1) is 13.2. The van der Waals surface area contributed by atoms with Crippen molar-refractivity contribution in [3.8, 4) is 11.8 Å². The minimum atomic E-state index is -0.461. The third-order valence-electron chi connectivity index (χ3n) is 4.32. The summed E-state index contributed by atoms with van der Waals surface area (Å²) in [6, 6.07) is 9.82. The van der Waals surface area contributed by atoms with Gasteiger partial charge in [-0.25, -0.2) is 9.07 Å². The standard InChI is InChI=1S/C19H15FN4O2S/c20-14-5-1-2-6-16(14)26-11-24-9-8-15(23-24)18(25)22-19-13(10-21)12-4-3-7-17(12)27-19/h1-2,5-6,8-9H,3-4,7,11H2,(H,22,25). The number of nitrogens with zero attached hydrogens (tertiary/aromatic N) is 3. The Morgan fingerprint density at radius 2 is 2.22 bits per heavy atom. The van der Waals surface area contributed by atoms with Crippen molar-refractivity contribution in [3.63, 3.8) is 0 Å². The van der Waals surface area contributed by atoms with Crippen molar-refractivity contribution >= 4 is 22.2 Å². The number of carbonyl (C=O) groups excluding carboxylic acids is 1. The summed E-state index contributed by atoms with van der Waals surface area (Å²) in [7, 11) is 0. The van der Waals surface area contributed by atoms with Gasteiger partial charge in [0.1, 0.15) is 11.1 Å². The van der Waals surface area contributed by atoms with Gasteiger partial charge in [-0.15, -0.1) is 11.3 Å². The highest BCUT2D eigenvalue weighted by molar-refractivity contribution is 7.16. The Morgan fingerprint density at radius 3 is 3.04 bits per heavy atom. The number of hydrogen-bond donors (Lipinski definition) is 1. The lowest BCUT2D eigenvalue weighted by molar-refractivity contribution is 0.102. The number of carbonyl (C=O) groups is 1. The van der Waals surface area contributed by atoms with Crippen LogP contribution in [0, 0.1) is 17.1 Å². The molecule has 2 heterocycles. The molecule has 8 heteroatoms. The van der Waals surface area contributed by atoms with E-state index in [2.05, 4.69) is 16.5 Å². The number of anilines is 1. The van der Waals surface area contributed by atoms with Gasteiger partial charge in [-0.05, 0) is 43.0 Å². The van der Waals surface area contributed by atoms with E-state index >= 15 is 0 Å². The Hall–Kier alpha value is -3.18. The summed E-state index contributed by atoms with van der Waals surface area (Å²) in [6.45, 7) is -0.0229. The third kappa shape index (κ3) is 3.41. The Labute approximate surface area is 158 Å². The molecule has 136 valence electrons. The number of rotatable bonds is 5. The number of amides is 1. The molecule has 0 aliphatic heterocycles. The molecule has 3 aromatic rings. The maximum Gasteiger partial charge on any atom is 0.276 e. The highest BCUT2D eigenvalue weighted by Crippen LogP contribution is 2.38. The number of aryl methyl sites for hydroxylation is 1. The summed E-state index contributed by atoms with van der Waals surface area (Å²) in [4.78, 5) is 13.6. The first-order valence-corrected chi connectivity index (χ1v) is 9.24. The van der Waals surface area contributed by atoms with E-state index in [1.54, 1.807) is 24.4 Å². The van der Waals surface area contributed by atoms with Crippen molar-refractivity contribution in [2.24, 2.45) is 0 Å².